The number of rotatable bonds is 4. The first kappa shape index (κ1) is 12.1. The van der Waals surface area contributed by atoms with Gasteiger partial charge in [-0.3, -0.25) is 14.9 Å². The van der Waals surface area contributed by atoms with Crippen molar-refractivity contribution in [1.82, 2.24) is 0 Å². The average molecular weight is 221 g/mol. The fourth-order valence-electron chi connectivity index (χ4n) is 1.27. The van der Waals surface area contributed by atoms with Gasteiger partial charge in [0.15, 0.2) is 5.78 Å². The number of aliphatic hydroxyl groups is 1. The van der Waals surface area contributed by atoms with Crippen LogP contribution >= 0.6 is 0 Å². The molecule has 84 valence electrons. The molecule has 5 nitrogen and oxygen atoms in total. The molecule has 0 bridgehead atoms. The fraction of sp³-hybridized carbons (Fsp3) is 0.182. The molecule has 0 aromatic heterocycles. The van der Waals surface area contributed by atoms with Crippen LogP contribution < -0.4 is 0 Å². The third-order valence-corrected chi connectivity index (χ3v) is 2.21. The highest BCUT2D eigenvalue weighted by Gasteiger charge is 2.23. The Hall–Kier alpha value is -2.01. The van der Waals surface area contributed by atoms with Gasteiger partial charge in [0.25, 0.3) is 5.69 Å². The second kappa shape index (κ2) is 4.67. The number of nitro benzene ring substituents is 1. The minimum Gasteiger partial charge on any atom is -0.383 e. The minimum absolute atomic E-state index is 0.0608. The van der Waals surface area contributed by atoms with E-state index in [1.807, 2.05) is 0 Å². The van der Waals surface area contributed by atoms with Gasteiger partial charge in [-0.2, -0.15) is 0 Å². The van der Waals surface area contributed by atoms with Crippen LogP contribution in [-0.2, 0) is 4.79 Å². The normalized spacial score (nSPS) is 11.9. The Morgan fingerprint density at radius 1 is 1.50 bits per heavy atom. The van der Waals surface area contributed by atoms with Crippen LogP contribution in [-0.4, -0.2) is 15.8 Å². The maximum atomic E-state index is 11.0. The lowest BCUT2D eigenvalue weighted by Crippen LogP contribution is -2.09. The molecular weight excluding hydrogens is 210 g/mol. The van der Waals surface area contributed by atoms with Crippen LogP contribution in [0.3, 0.4) is 0 Å². The van der Waals surface area contributed by atoms with Crippen molar-refractivity contribution >= 4 is 11.5 Å². The molecule has 0 saturated carbocycles. The molecule has 1 N–H and O–H groups in total. The van der Waals surface area contributed by atoms with Crippen LogP contribution in [0, 0.1) is 10.1 Å². The quantitative estimate of drug-likeness (QED) is 0.477. The zero-order chi connectivity index (χ0) is 12.3. The summed E-state index contributed by atoms with van der Waals surface area (Å²) >= 11 is 0. The largest absolute Gasteiger partial charge is 0.383 e. The van der Waals surface area contributed by atoms with Crippen LogP contribution in [0.1, 0.15) is 18.6 Å². The number of Topliss-reactive ketones (excluding diaryl/α,β-unsaturated/α-hetero) is 1. The summed E-state index contributed by atoms with van der Waals surface area (Å²) in [6.07, 6.45) is -1.33. The molecule has 1 aromatic rings. The van der Waals surface area contributed by atoms with E-state index in [0.29, 0.717) is 0 Å². The number of hydrogen-bond donors (Lipinski definition) is 1. The molecule has 1 aromatic carbocycles. The van der Waals surface area contributed by atoms with Crippen molar-refractivity contribution < 1.29 is 14.8 Å². The van der Waals surface area contributed by atoms with E-state index in [1.54, 1.807) is 6.07 Å². The smallest absolute Gasteiger partial charge is 0.275 e. The first-order valence-corrected chi connectivity index (χ1v) is 4.56. The van der Waals surface area contributed by atoms with Gasteiger partial charge in [0.1, 0.15) is 6.10 Å². The first-order valence-electron chi connectivity index (χ1n) is 4.56. The summed E-state index contributed by atoms with van der Waals surface area (Å²) in [7, 11) is 0. The lowest BCUT2D eigenvalue weighted by atomic mass is 9.99. The van der Waals surface area contributed by atoms with E-state index < -0.39 is 16.8 Å². The van der Waals surface area contributed by atoms with Gasteiger partial charge in [0.2, 0.25) is 0 Å². The number of hydrogen-bond acceptors (Lipinski definition) is 4. The summed E-state index contributed by atoms with van der Waals surface area (Å²) in [6.45, 7) is 4.66. The van der Waals surface area contributed by atoms with Gasteiger partial charge in [-0.15, -0.1) is 0 Å². The van der Waals surface area contributed by atoms with Crippen molar-refractivity contribution in [3.63, 3.8) is 0 Å². The second-order valence-electron chi connectivity index (χ2n) is 3.30. The van der Waals surface area contributed by atoms with Gasteiger partial charge >= 0.3 is 0 Å². The van der Waals surface area contributed by atoms with Crippen LogP contribution in [0.25, 0.3) is 0 Å². The minimum atomic E-state index is -1.33. The van der Waals surface area contributed by atoms with E-state index in [9.17, 15) is 20.0 Å². The van der Waals surface area contributed by atoms with Gasteiger partial charge in [-0.1, -0.05) is 18.7 Å². The summed E-state index contributed by atoms with van der Waals surface area (Å²) in [4.78, 5) is 21.1. The molecule has 0 amide bonds. The number of nitrogens with zero attached hydrogens (tertiary/aromatic N) is 1. The molecule has 0 aliphatic rings. The van der Waals surface area contributed by atoms with Gasteiger partial charge in [-0.05, 0) is 13.0 Å². The van der Waals surface area contributed by atoms with E-state index in [2.05, 4.69) is 6.58 Å². The molecule has 0 aliphatic heterocycles. The standard InChI is InChI=1S/C11H11NO4/c1-7(8(2)13)11(14)9-5-3-4-6-10(9)12(15)16/h3-6,11,14H,1H2,2H3. The summed E-state index contributed by atoms with van der Waals surface area (Å²) < 4.78 is 0. The molecule has 0 saturated heterocycles. The van der Waals surface area contributed by atoms with Crippen molar-refractivity contribution in [3.05, 3.63) is 52.1 Å². The molecule has 16 heavy (non-hydrogen) atoms. The van der Waals surface area contributed by atoms with E-state index in [-0.39, 0.29) is 16.8 Å². The maximum absolute atomic E-state index is 11.0. The Bertz CT molecular complexity index is 453. The molecule has 0 aliphatic carbocycles. The van der Waals surface area contributed by atoms with E-state index in [0.717, 1.165) is 0 Å². The molecule has 0 fully saturated rings. The van der Waals surface area contributed by atoms with E-state index >= 15 is 0 Å². The third kappa shape index (κ3) is 2.32. The van der Waals surface area contributed by atoms with Gasteiger partial charge in [0.05, 0.1) is 10.5 Å². The number of carbonyl (C=O) groups excluding carboxylic acids is 1. The molecule has 1 unspecified atom stereocenters. The topological polar surface area (TPSA) is 80.4 Å². The zero-order valence-electron chi connectivity index (χ0n) is 8.71. The van der Waals surface area contributed by atoms with Gasteiger partial charge < -0.3 is 5.11 Å². The van der Waals surface area contributed by atoms with Crippen LogP contribution in [0.15, 0.2) is 36.4 Å². The van der Waals surface area contributed by atoms with Crippen molar-refractivity contribution in [1.29, 1.82) is 0 Å². The summed E-state index contributed by atoms with van der Waals surface area (Å²) in [5, 5.41) is 20.5. The second-order valence-corrected chi connectivity index (χ2v) is 3.30. The SMILES string of the molecule is C=C(C(C)=O)C(O)c1ccccc1[N+](=O)[O-]. The van der Waals surface area contributed by atoms with Crippen molar-refractivity contribution in [2.45, 2.75) is 13.0 Å². The number of aliphatic hydroxyl groups excluding tert-OH is 1. The first-order chi connectivity index (χ1) is 7.45. The lowest BCUT2D eigenvalue weighted by molar-refractivity contribution is -0.386. The number of carbonyl (C=O) groups is 1. The van der Waals surface area contributed by atoms with Crippen molar-refractivity contribution in [2.75, 3.05) is 0 Å². The van der Waals surface area contributed by atoms with Gasteiger partial charge in [0, 0.05) is 11.6 Å². The third-order valence-electron chi connectivity index (χ3n) is 2.21. The molecule has 1 rings (SSSR count). The Kier molecular flexibility index (Phi) is 3.52. The van der Waals surface area contributed by atoms with Crippen LogP contribution in [0.4, 0.5) is 5.69 Å². The predicted molar refractivity (Wildman–Crippen MR) is 57.9 cm³/mol. The summed E-state index contributed by atoms with van der Waals surface area (Å²) in [5.74, 6) is -0.398. The molecule has 0 spiro atoms. The van der Waals surface area contributed by atoms with Crippen molar-refractivity contribution in [3.8, 4) is 0 Å². The average Bonchev–Trinajstić information content (AvgIpc) is 2.26. The molecule has 5 heteroatoms. The lowest BCUT2D eigenvalue weighted by Gasteiger charge is -2.11. The van der Waals surface area contributed by atoms with Crippen molar-refractivity contribution in [2.24, 2.45) is 0 Å². The molecule has 0 radical (unpaired) electrons. The number of para-hydroxylation sites is 1. The Morgan fingerprint density at radius 3 is 2.56 bits per heavy atom. The predicted octanol–water partition coefficient (Wildman–Crippen LogP) is 1.77. The highest BCUT2D eigenvalue weighted by molar-refractivity contribution is 5.93. The van der Waals surface area contributed by atoms with Gasteiger partial charge in [-0.25, -0.2) is 0 Å². The number of benzene rings is 1. The Labute approximate surface area is 92.2 Å². The van der Waals surface area contributed by atoms with Crippen LogP contribution in [0.5, 0.6) is 0 Å². The fourth-order valence-corrected chi connectivity index (χ4v) is 1.27. The summed E-state index contributed by atoms with van der Waals surface area (Å²) in [6, 6.07) is 5.72. The Balaban J connectivity index is 3.18. The maximum Gasteiger partial charge on any atom is 0.275 e. The molecule has 1 atom stereocenters. The highest BCUT2D eigenvalue weighted by Crippen LogP contribution is 2.28. The monoisotopic (exact) mass is 221 g/mol. The van der Waals surface area contributed by atoms with E-state index in [1.165, 1.54) is 25.1 Å². The number of ketones is 1. The summed E-state index contributed by atoms with van der Waals surface area (Å²) in [5.41, 5.74) is -0.209. The Morgan fingerprint density at radius 2 is 2.06 bits per heavy atom. The number of nitro groups is 1. The zero-order valence-corrected chi connectivity index (χ0v) is 8.71. The van der Waals surface area contributed by atoms with Crippen LogP contribution in [0.2, 0.25) is 0 Å². The molecule has 0 heterocycles. The highest BCUT2D eigenvalue weighted by atomic mass is 16.6. The van der Waals surface area contributed by atoms with E-state index in [4.69, 9.17) is 0 Å². The molecular formula is C11H11NO4.